The molecule has 0 aliphatic carbocycles. The first-order valence-corrected chi connectivity index (χ1v) is 2.70. The Kier molecular flexibility index (Phi) is 1.54. The van der Waals surface area contributed by atoms with Gasteiger partial charge in [0.1, 0.15) is 0 Å². The van der Waals surface area contributed by atoms with Crippen molar-refractivity contribution in [1.82, 2.24) is 5.32 Å². The Labute approximate surface area is 48.4 Å². The van der Waals surface area contributed by atoms with Crippen molar-refractivity contribution in [3.8, 4) is 0 Å². The van der Waals surface area contributed by atoms with Crippen LogP contribution in [0, 0.1) is 0 Å². The van der Waals surface area contributed by atoms with Gasteiger partial charge in [-0.3, -0.25) is 0 Å². The molecule has 0 atom stereocenters. The molecule has 0 spiro atoms. The summed E-state index contributed by atoms with van der Waals surface area (Å²) in [6.45, 7) is 1.85. The number of nitrogens with one attached hydrogen (secondary N) is 1. The maximum absolute atomic E-state index is 4.86. The molecule has 1 aliphatic rings. The average Bonchev–Trinajstić information content (AvgIpc) is 1.69. The van der Waals surface area contributed by atoms with Crippen LogP contribution in [0.25, 0.3) is 0 Å². The summed E-state index contributed by atoms with van der Waals surface area (Å²) in [7, 11) is 0. The summed E-state index contributed by atoms with van der Waals surface area (Å²) in [6.07, 6.45) is 4.01. The van der Waals surface area contributed by atoms with Gasteiger partial charge in [-0.25, -0.2) is 0 Å². The van der Waals surface area contributed by atoms with Crippen LogP contribution in [0.5, 0.6) is 0 Å². The molecule has 0 fully saturated rings. The first-order chi connectivity index (χ1) is 3.39. The molecule has 7 heavy (non-hydrogen) atoms. The molecule has 1 nitrogen and oxygen atoms in total. The Morgan fingerprint density at radius 1 is 1.71 bits per heavy atom. The van der Waals surface area contributed by atoms with Crippen molar-refractivity contribution < 1.29 is 0 Å². The topological polar surface area (TPSA) is 12.0 Å². The molecule has 0 aromatic rings. The summed E-state index contributed by atoms with van der Waals surface area (Å²) in [5.41, 5.74) is 0. The fourth-order valence-electron chi connectivity index (χ4n) is 0.528. The largest absolute Gasteiger partial charge is 0.308 e. The molecule has 38 valence electrons. The van der Waals surface area contributed by atoms with Crippen LogP contribution in [0.4, 0.5) is 0 Å². The van der Waals surface area contributed by atoms with E-state index >= 15 is 0 Å². The lowest BCUT2D eigenvalue weighted by atomic mass is 10.3. The summed E-state index contributed by atoms with van der Waals surface area (Å²) in [4.78, 5) is 1.01. The van der Waals surface area contributed by atoms with E-state index in [4.69, 9.17) is 12.2 Å². The third-order valence-corrected chi connectivity index (χ3v) is 1.15. The Bertz CT molecular complexity index is 107. The zero-order chi connectivity index (χ0) is 5.11. The molecule has 0 amide bonds. The van der Waals surface area contributed by atoms with Crippen molar-refractivity contribution in [2.45, 2.75) is 0 Å². The lowest BCUT2D eigenvalue weighted by Gasteiger charge is -2.03. The molecule has 2 heteroatoms. The first kappa shape index (κ1) is 4.94. The fraction of sp³-hybridized carbons (Fsp3) is 0.400. The minimum atomic E-state index is 0.881. The highest BCUT2D eigenvalue weighted by atomic mass is 32.1. The molecule has 1 aliphatic heterocycles. The standard InChI is InChI=1S/C5H7NS/c7-5-2-1-3-6-4-5/h1-2,6H,3-4H2. The highest BCUT2D eigenvalue weighted by Crippen LogP contribution is 1.84. The third kappa shape index (κ3) is 1.37. The van der Waals surface area contributed by atoms with Gasteiger partial charge in [-0.1, -0.05) is 18.3 Å². The molecule has 0 unspecified atom stereocenters. The molecule has 0 aromatic heterocycles. The maximum Gasteiger partial charge on any atom is 0.0310 e. The minimum Gasteiger partial charge on any atom is -0.308 e. The summed E-state index contributed by atoms with van der Waals surface area (Å²) >= 11 is 4.86. The summed E-state index contributed by atoms with van der Waals surface area (Å²) in [6, 6.07) is 0. The number of thiocarbonyl (C=S) groups is 1. The van der Waals surface area contributed by atoms with Gasteiger partial charge in [0.25, 0.3) is 0 Å². The molecular formula is C5H7NS. The van der Waals surface area contributed by atoms with Crippen LogP contribution >= 0.6 is 12.2 Å². The van der Waals surface area contributed by atoms with Crippen LogP contribution in [-0.2, 0) is 0 Å². The predicted molar refractivity (Wildman–Crippen MR) is 34.6 cm³/mol. The van der Waals surface area contributed by atoms with E-state index in [-0.39, 0.29) is 0 Å². The van der Waals surface area contributed by atoms with Gasteiger partial charge in [-0.2, -0.15) is 0 Å². The van der Waals surface area contributed by atoms with E-state index in [0.29, 0.717) is 0 Å². The van der Waals surface area contributed by atoms with Gasteiger partial charge in [0.15, 0.2) is 0 Å². The van der Waals surface area contributed by atoms with Crippen LogP contribution in [0.15, 0.2) is 12.2 Å². The SMILES string of the molecule is S=C1C=CCNC1. The molecule has 0 aromatic carbocycles. The maximum atomic E-state index is 4.86. The first-order valence-electron chi connectivity index (χ1n) is 2.30. The van der Waals surface area contributed by atoms with Crippen LogP contribution in [0.2, 0.25) is 0 Å². The Morgan fingerprint density at radius 3 is 2.86 bits per heavy atom. The number of hydrogen-bond donors (Lipinski definition) is 1. The summed E-state index contributed by atoms with van der Waals surface area (Å²) < 4.78 is 0. The highest BCUT2D eigenvalue weighted by molar-refractivity contribution is 7.80. The van der Waals surface area contributed by atoms with Crippen molar-refractivity contribution in [1.29, 1.82) is 0 Å². The molecule has 0 radical (unpaired) electrons. The van der Waals surface area contributed by atoms with Crippen molar-refractivity contribution in [2.75, 3.05) is 13.1 Å². The van der Waals surface area contributed by atoms with Gasteiger partial charge >= 0.3 is 0 Å². The van der Waals surface area contributed by atoms with Crippen LogP contribution in [-0.4, -0.2) is 18.0 Å². The van der Waals surface area contributed by atoms with E-state index in [1.165, 1.54) is 0 Å². The van der Waals surface area contributed by atoms with Gasteiger partial charge < -0.3 is 5.32 Å². The van der Waals surface area contributed by atoms with E-state index < -0.39 is 0 Å². The molecule has 0 bridgehead atoms. The lowest BCUT2D eigenvalue weighted by Crippen LogP contribution is -2.24. The van der Waals surface area contributed by atoms with E-state index in [1.54, 1.807) is 0 Å². The average molecular weight is 113 g/mol. The van der Waals surface area contributed by atoms with Crippen molar-refractivity contribution >= 4 is 17.1 Å². The molecule has 0 saturated carbocycles. The van der Waals surface area contributed by atoms with Gasteiger partial charge in [0.2, 0.25) is 0 Å². The highest BCUT2D eigenvalue weighted by Gasteiger charge is 1.92. The second-order valence-electron chi connectivity index (χ2n) is 1.50. The zero-order valence-corrected chi connectivity index (χ0v) is 4.79. The van der Waals surface area contributed by atoms with Crippen LogP contribution in [0.1, 0.15) is 0 Å². The van der Waals surface area contributed by atoms with Gasteiger partial charge in [0.05, 0.1) is 0 Å². The quantitative estimate of drug-likeness (QED) is 0.459. The second kappa shape index (κ2) is 2.19. The number of hydrogen-bond acceptors (Lipinski definition) is 2. The monoisotopic (exact) mass is 113 g/mol. The Balaban J connectivity index is 2.51. The van der Waals surface area contributed by atoms with Gasteiger partial charge in [0, 0.05) is 18.0 Å². The van der Waals surface area contributed by atoms with Crippen LogP contribution in [0.3, 0.4) is 0 Å². The molecule has 0 saturated heterocycles. The summed E-state index contributed by atoms with van der Waals surface area (Å²) in [5, 5.41) is 3.11. The molecular weight excluding hydrogens is 106 g/mol. The molecule has 1 rings (SSSR count). The van der Waals surface area contributed by atoms with E-state index in [1.807, 2.05) is 12.2 Å². The lowest BCUT2D eigenvalue weighted by molar-refractivity contribution is 0.859. The van der Waals surface area contributed by atoms with Crippen LogP contribution < -0.4 is 5.32 Å². The number of rotatable bonds is 0. The Morgan fingerprint density at radius 2 is 2.57 bits per heavy atom. The van der Waals surface area contributed by atoms with Gasteiger partial charge in [-0.15, -0.1) is 0 Å². The zero-order valence-electron chi connectivity index (χ0n) is 3.98. The Hall–Kier alpha value is -0.210. The predicted octanol–water partition coefficient (Wildman–Crippen LogP) is 0.516. The van der Waals surface area contributed by atoms with E-state index in [9.17, 15) is 0 Å². The van der Waals surface area contributed by atoms with E-state index in [2.05, 4.69) is 5.32 Å². The van der Waals surface area contributed by atoms with Crippen molar-refractivity contribution in [2.24, 2.45) is 0 Å². The van der Waals surface area contributed by atoms with Gasteiger partial charge in [-0.05, 0) is 6.08 Å². The smallest absolute Gasteiger partial charge is 0.0310 e. The normalized spacial score (nSPS) is 20.3. The second-order valence-corrected chi connectivity index (χ2v) is 2.02. The molecule has 1 heterocycles. The fourth-order valence-corrected chi connectivity index (χ4v) is 0.726. The third-order valence-electron chi connectivity index (χ3n) is 0.865. The van der Waals surface area contributed by atoms with Crippen molar-refractivity contribution in [3.63, 3.8) is 0 Å². The minimum absolute atomic E-state index is 0.881. The summed E-state index contributed by atoms with van der Waals surface area (Å²) in [5.74, 6) is 0. The molecule has 1 N–H and O–H groups in total. The van der Waals surface area contributed by atoms with E-state index in [0.717, 1.165) is 18.0 Å². The van der Waals surface area contributed by atoms with Crippen molar-refractivity contribution in [3.05, 3.63) is 12.2 Å².